The van der Waals surface area contributed by atoms with Crippen molar-refractivity contribution in [3.63, 3.8) is 0 Å². The Balaban J connectivity index is 2.33. The molecular formula is C10H9ClO3. The van der Waals surface area contributed by atoms with Crippen LogP contribution in [0.4, 0.5) is 0 Å². The number of hydrogen-bond acceptors (Lipinski definition) is 3. The summed E-state index contributed by atoms with van der Waals surface area (Å²) in [5, 5.41) is -0.620. The molecule has 0 radical (unpaired) electrons. The zero-order valence-corrected chi connectivity index (χ0v) is 8.16. The molecule has 1 aromatic carbocycles. The highest BCUT2D eigenvalue weighted by atomic mass is 35.5. The molecule has 0 spiro atoms. The zero-order chi connectivity index (χ0) is 9.97. The molecule has 74 valence electrons. The summed E-state index contributed by atoms with van der Waals surface area (Å²) in [5.41, 5.74) is 0.728. The van der Waals surface area contributed by atoms with E-state index < -0.39 is 5.38 Å². The standard InChI is InChI=1S/C10H9ClO3/c11-8(6-12)7-1-2-9-10(5-7)14-4-3-13-9/h1-2,5-6,8H,3-4H2. The Hall–Kier alpha value is -1.22. The van der Waals surface area contributed by atoms with Gasteiger partial charge in [0.2, 0.25) is 0 Å². The third-order valence-corrected chi connectivity index (χ3v) is 2.36. The lowest BCUT2D eigenvalue weighted by molar-refractivity contribution is -0.107. The molecule has 0 aliphatic carbocycles. The Labute approximate surface area is 86.6 Å². The summed E-state index contributed by atoms with van der Waals surface area (Å²) in [4.78, 5) is 10.5. The summed E-state index contributed by atoms with van der Waals surface area (Å²) >= 11 is 5.77. The number of halogens is 1. The molecule has 0 fully saturated rings. The van der Waals surface area contributed by atoms with Crippen molar-refractivity contribution >= 4 is 17.9 Å². The van der Waals surface area contributed by atoms with E-state index in [2.05, 4.69) is 0 Å². The largest absolute Gasteiger partial charge is 0.486 e. The van der Waals surface area contributed by atoms with Crippen LogP contribution in [-0.2, 0) is 4.79 Å². The summed E-state index contributed by atoms with van der Waals surface area (Å²) in [5.74, 6) is 1.36. The van der Waals surface area contributed by atoms with Gasteiger partial charge in [-0.3, -0.25) is 0 Å². The number of benzene rings is 1. The first-order valence-corrected chi connectivity index (χ1v) is 4.74. The highest BCUT2D eigenvalue weighted by Crippen LogP contribution is 2.33. The van der Waals surface area contributed by atoms with E-state index in [4.69, 9.17) is 21.1 Å². The van der Waals surface area contributed by atoms with Gasteiger partial charge in [-0.05, 0) is 17.7 Å². The molecule has 1 unspecified atom stereocenters. The summed E-state index contributed by atoms with van der Waals surface area (Å²) < 4.78 is 10.7. The molecule has 3 nitrogen and oxygen atoms in total. The van der Waals surface area contributed by atoms with Crippen molar-refractivity contribution in [2.75, 3.05) is 13.2 Å². The minimum absolute atomic E-state index is 0.532. The normalized spacial score (nSPS) is 16.1. The van der Waals surface area contributed by atoms with Gasteiger partial charge in [0.1, 0.15) is 24.9 Å². The molecule has 2 rings (SSSR count). The van der Waals surface area contributed by atoms with Crippen molar-refractivity contribution in [1.82, 2.24) is 0 Å². The van der Waals surface area contributed by atoms with Crippen LogP contribution in [0, 0.1) is 0 Å². The fraction of sp³-hybridized carbons (Fsp3) is 0.300. The zero-order valence-electron chi connectivity index (χ0n) is 7.40. The van der Waals surface area contributed by atoms with Crippen molar-refractivity contribution in [3.8, 4) is 11.5 Å². The molecule has 14 heavy (non-hydrogen) atoms. The van der Waals surface area contributed by atoms with Gasteiger partial charge in [0.15, 0.2) is 11.5 Å². The maximum absolute atomic E-state index is 10.5. The Bertz CT molecular complexity index is 351. The molecular weight excluding hydrogens is 204 g/mol. The Morgan fingerprint density at radius 3 is 2.71 bits per heavy atom. The Morgan fingerprint density at radius 1 is 1.29 bits per heavy atom. The molecule has 0 aromatic heterocycles. The second kappa shape index (κ2) is 3.88. The number of aldehydes is 1. The van der Waals surface area contributed by atoms with Gasteiger partial charge < -0.3 is 14.3 Å². The van der Waals surface area contributed by atoms with E-state index in [0.717, 1.165) is 5.56 Å². The number of carbonyl (C=O) groups is 1. The van der Waals surface area contributed by atoms with Gasteiger partial charge in [-0.1, -0.05) is 6.07 Å². The lowest BCUT2D eigenvalue weighted by Gasteiger charge is -2.19. The second-order valence-corrected chi connectivity index (χ2v) is 3.41. The van der Waals surface area contributed by atoms with Gasteiger partial charge in [0, 0.05) is 0 Å². The van der Waals surface area contributed by atoms with Crippen molar-refractivity contribution in [2.45, 2.75) is 5.38 Å². The number of alkyl halides is 1. The SMILES string of the molecule is O=CC(Cl)c1ccc2c(c1)OCCO2. The van der Waals surface area contributed by atoms with Gasteiger partial charge in [-0.25, -0.2) is 0 Å². The number of rotatable bonds is 2. The number of fused-ring (bicyclic) bond motifs is 1. The van der Waals surface area contributed by atoms with Crippen LogP contribution in [0.1, 0.15) is 10.9 Å². The molecule has 0 bridgehead atoms. The molecule has 1 aliphatic heterocycles. The van der Waals surface area contributed by atoms with Gasteiger partial charge in [-0.2, -0.15) is 0 Å². The van der Waals surface area contributed by atoms with Crippen LogP contribution in [0.5, 0.6) is 11.5 Å². The average molecular weight is 213 g/mol. The van der Waals surface area contributed by atoms with E-state index in [0.29, 0.717) is 31.0 Å². The molecule has 0 saturated carbocycles. The molecule has 0 saturated heterocycles. The first-order chi connectivity index (χ1) is 6.81. The lowest BCUT2D eigenvalue weighted by Crippen LogP contribution is -2.15. The van der Waals surface area contributed by atoms with Crippen LogP contribution in [0.2, 0.25) is 0 Å². The summed E-state index contributed by atoms with van der Waals surface area (Å²) in [7, 11) is 0. The van der Waals surface area contributed by atoms with Crippen LogP contribution >= 0.6 is 11.6 Å². The van der Waals surface area contributed by atoms with Crippen LogP contribution in [0.3, 0.4) is 0 Å². The Kier molecular flexibility index (Phi) is 2.59. The van der Waals surface area contributed by atoms with E-state index in [-0.39, 0.29) is 0 Å². The molecule has 0 N–H and O–H groups in total. The van der Waals surface area contributed by atoms with Gasteiger partial charge in [0.25, 0.3) is 0 Å². The third kappa shape index (κ3) is 1.68. The predicted molar refractivity (Wildman–Crippen MR) is 52.1 cm³/mol. The molecule has 1 heterocycles. The molecule has 1 aromatic rings. The topological polar surface area (TPSA) is 35.5 Å². The quantitative estimate of drug-likeness (QED) is 0.555. The molecule has 4 heteroatoms. The minimum atomic E-state index is -0.620. The molecule has 0 amide bonds. The van der Waals surface area contributed by atoms with Crippen LogP contribution in [0.15, 0.2) is 18.2 Å². The highest BCUT2D eigenvalue weighted by Gasteiger charge is 2.14. The van der Waals surface area contributed by atoms with E-state index in [1.807, 2.05) is 0 Å². The van der Waals surface area contributed by atoms with Crippen LogP contribution < -0.4 is 9.47 Å². The van der Waals surface area contributed by atoms with Crippen molar-refractivity contribution in [2.24, 2.45) is 0 Å². The minimum Gasteiger partial charge on any atom is -0.486 e. The molecule has 1 aliphatic rings. The number of hydrogen-bond donors (Lipinski definition) is 0. The van der Waals surface area contributed by atoms with Crippen LogP contribution in [0.25, 0.3) is 0 Å². The lowest BCUT2D eigenvalue weighted by atomic mass is 10.1. The van der Waals surface area contributed by atoms with Crippen molar-refractivity contribution in [1.29, 1.82) is 0 Å². The third-order valence-electron chi connectivity index (χ3n) is 2.00. The number of ether oxygens (including phenoxy) is 2. The van der Waals surface area contributed by atoms with E-state index in [1.54, 1.807) is 18.2 Å². The smallest absolute Gasteiger partial charge is 0.161 e. The maximum atomic E-state index is 10.5. The van der Waals surface area contributed by atoms with E-state index in [1.165, 1.54) is 0 Å². The van der Waals surface area contributed by atoms with Crippen LogP contribution in [-0.4, -0.2) is 19.5 Å². The van der Waals surface area contributed by atoms with Gasteiger partial charge in [-0.15, -0.1) is 11.6 Å². The molecule has 1 atom stereocenters. The fourth-order valence-electron chi connectivity index (χ4n) is 1.31. The number of carbonyl (C=O) groups excluding carboxylic acids is 1. The van der Waals surface area contributed by atoms with Crippen molar-refractivity contribution < 1.29 is 14.3 Å². The predicted octanol–water partition coefficient (Wildman–Crippen LogP) is 1.94. The van der Waals surface area contributed by atoms with Crippen molar-refractivity contribution in [3.05, 3.63) is 23.8 Å². The first kappa shape index (κ1) is 9.34. The average Bonchev–Trinajstić information content (AvgIpc) is 2.27. The van der Waals surface area contributed by atoms with E-state index >= 15 is 0 Å². The summed E-state index contributed by atoms with van der Waals surface area (Å²) in [6.07, 6.45) is 0.687. The fourth-order valence-corrected chi connectivity index (χ4v) is 1.45. The van der Waals surface area contributed by atoms with Gasteiger partial charge >= 0.3 is 0 Å². The second-order valence-electron chi connectivity index (χ2n) is 2.94. The van der Waals surface area contributed by atoms with E-state index in [9.17, 15) is 4.79 Å². The van der Waals surface area contributed by atoms with Gasteiger partial charge in [0.05, 0.1) is 0 Å². The first-order valence-electron chi connectivity index (χ1n) is 4.30. The Morgan fingerprint density at radius 2 is 2.00 bits per heavy atom. The maximum Gasteiger partial charge on any atom is 0.161 e. The summed E-state index contributed by atoms with van der Waals surface area (Å²) in [6.45, 7) is 1.09. The summed E-state index contributed by atoms with van der Waals surface area (Å²) in [6, 6.07) is 5.27. The highest BCUT2D eigenvalue weighted by molar-refractivity contribution is 6.27. The monoisotopic (exact) mass is 212 g/mol.